The molecule has 1 heteroatoms. The summed E-state index contributed by atoms with van der Waals surface area (Å²) in [6.07, 6.45) is 2.54. The summed E-state index contributed by atoms with van der Waals surface area (Å²) >= 11 is 0. The summed E-state index contributed by atoms with van der Waals surface area (Å²) in [6, 6.07) is 0.664. The molecule has 0 spiro atoms. The standard InChI is InChI=1S/C9H21N/c1-6-7-8(10-5)9(2,3)4/h8,10H,6-7H2,1-5H3. The van der Waals surface area contributed by atoms with Crippen molar-refractivity contribution >= 4 is 0 Å². The van der Waals surface area contributed by atoms with E-state index in [1.165, 1.54) is 12.8 Å². The summed E-state index contributed by atoms with van der Waals surface area (Å²) in [5.41, 5.74) is 0.408. The molecule has 0 heterocycles. The van der Waals surface area contributed by atoms with Crippen LogP contribution in [-0.4, -0.2) is 13.1 Å². The Labute approximate surface area is 65.2 Å². The van der Waals surface area contributed by atoms with E-state index in [1.807, 2.05) is 7.05 Å². The second-order valence-corrected chi connectivity index (χ2v) is 4.00. The molecule has 0 aliphatic carbocycles. The number of hydrogen-bond donors (Lipinski definition) is 1. The van der Waals surface area contributed by atoms with Crippen molar-refractivity contribution < 1.29 is 0 Å². The molecule has 0 bridgehead atoms. The maximum atomic E-state index is 3.34. The lowest BCUT2D eigenvalue weighted by Crippen LogP contribution is -2.37. The summed E-state index contributed by atoms with van der Waals surface area (Å²) in [4.78, 5) is 0. The Balaban J connectivity index is 3.81. The van der Waals surface area contributed by atoms with Crippen LogP contribution in [0.5, 0.6) is 0 Å². The second-order valence-electron chi connectivity index (χ2n) is 4.00. The maximum Gasteiger partial charge on any atom is 0.0112 e. The minimum absolute atomic E-state index is 0.408. The molecule has 10 heavy (non-hydrogen) atoms. The zero-order valence-corrected chi connectivity index (χ0v) is 7.99. The molecule has 0 aliphatic heterocycles. The summed E-state index contributed by atoms with van der Waals surface area (Å²) < 4.78 is 0. The average molecular weight is 143 g/mol. The van der Waals surface area contributed by atoms with Crippen LogP contribution >= 0.6 is 0 Å². The fourth-order valence-electron chi connectivity index (χ4n) is 1.30. The van der Waals surface area contributed by atoms with Gasteiger partial charge < -0.3 is 5.32 Å². The van der Waals surface area contributed by atoms with E-state index in [0.717, 1.165) is 0 Å². The lowest BCUT2D eigenvalue weighted by atomic mass is 9.84. The van der Waals surface area contributed by atoms with Gasteiger partial charge >= 0.3 is 0 Å². The van der Waals surface area contributed by atoms with E-state index in [1.54, 1.807) is 0 Å². The number of rotatable bonds is 3. The molecule has 0 aromatic heterocycles. The molecular formula is C9H21N. The third kappa shape index (κ3) is 3.21. The maximum absolute atomic E-state index is 3.34. The summed E-state index contributed by atoms with van der Waals surface area (Å²) in [5.74, 6) is 0. The zero-order valence-electron chi connectivity index (χ0n) is 7.99. The van der Waals surface area contributed by atoms with Crippen molar-refractivity contribution in [2.24, 2.45) is 5.41 Å². The van der Waals surface area contributed by atoms with Gasteiger partial charge in [0.2, 0.25) is 0 Å². The van der Waals surface area contributed by atoms with E-state index in [4.69, 9.17) is 0 Å². The van der Waals surface area contributed by atoms with E-state index in [2.05, 4.69) is 33.0 Å². The van der Waals surface area contributed by atoms with Gasteiger partial charge in [-0.15, -0.1) is 0 Å². The monoisotopic (exact) mass is 143 g/mol. The van der Waals surface area contributed by atoms with Crippen LogP contribution in [0, 0.1) is 5.41 Å². The average Bonchev–Trinajstić information content (AvgIpc) is 1.80. The third-order valence-electron chi connectivity index (χ3n) is 1.97. The lowest BCUT2D eigenvalue weighted by molar-refractivity contribution is 0.266. The minimum Gasteiger partial charge on any atom is -0.316 e. The molecule has 1 unspecified atom stereocenters. The topological polar surface area (TPSA) is 12.0 Å². The Kier molecular flexibility index (Phi) is 3.95. The van der Waals surface area contributed by atoms with Crippen molar-refractivity contribution in [1.82, 2.24) is 5.32 Å². The van der Waals surface area contributed by atoms with Crippen LogP contribution in [0.4, 0.5) is 0 Å². The van der Waals surface area contributed by atoms with Gasteiger partial charge in [-0.05, 0) is 18.9 Å². The highest BCUT2D eigenvalue weighted by Gasteiger charge is 2.21. The molecule has 1 atom stereocenters. The molecule has 0 aromatic carbocycles. The Bertz CT molecular complexity index is 81.2. The summed E-state index contributed by atoms with van der Waals surface area (Å²) in [7, 11) is 2.05. The van der Waals surface area contributed by atoms with E-state index < -0.39 is 0 Å². The normalized spacial score (nSPS) is 15.3. The van der Waals surface area contributed by atoms with Crippen LogP contribution in [-0.2, 0) is 0 Å². The largest absolute Gasteiger partial charge is 0.316 e. The Morgan fingerprint density at radius 3 is 1.90 bits per heavy atom. The molecule has 0 rings (SSSR count). The van der Waals surface area contributed by atoms with Crippen LogP contribution in [0.3, 0.4) is 0 Å². The molecule has 0 saturated heterocycles. The number of hydrogen-bond acceptors (Lipinski definition) is 1. The Morgan fingerprint density at radius 2 is 1.80 bits per heavy atom. The first-order valence-corrected chi connectivity index (χ1v) is 4.19. The highest BCUT2D eigenvalue weighted by Crippen LogP contribution is 2.21. The van der Waals surface area contributed by atoms with Crippen LogP contribution in [0.2, 0.25) is 0 Å². The van der Waals surface area contributed by atoms with Gasteiger partial charge in [0.05, 0.1) is 0 Å². The first kappa shape index (κ1) is 9.96. The van der Waals surface area contributed by atoms with Gasteiger partial charge in [-0.2, -0.15) is 0 Å². The molecule has 1 N–H and O–H groups in total. The van der Waals surface area contributed by atoms with Gasteiger partial charge in [0.1, 0.15) is 0 Å². The highest BCUT2D eigenvalue weighted by molar-refractivity contribution is 4.78. The fraction of sp³-hybridized carbons (Fsp3) is 1.00. The van der Waals surface area contributed by atoms with E-state index in [-0.39, 0.29) is 0 Å². The van der Waals surface area contributed by atoms with Gasteiger partial charge in [0, 0.05) is 6.04 Å². The summed E-state index contributed by atoms with van der Waals surface area (Å²) in [6.45, 7) is 9.08. The zero-order chi connectivity index (χ0) is 8.20. The van der Waals surface area contributed by atoms with Crippen molar-refractivity contribution in [2.45, 2.75) is 46.6 Å². The van der Waals surface area contributed by atoms with Gasteiger partial charge in [0.25, 0.3) is 0 Å². The Morgan fingerprint density at radius 1 is 1.30 bits per heavy atom. The van der Waals surface area contributed by atoms with Gasteiger partial charge in [-0.25, -0.2) is 0 Å². The first-order chi connectivity index (χ1) is 4.52. The predicted octanol–water partition coefficient (Wildman–Crippen LogP) is 2.42. The lowest BCUT2D eigenvalue weighted by Gasteiger charge is -2.30. The summed E-state index contributed by atoms with van der Waals surface area (Å²) in [5, 5.41) is 3.34. The van der Waals surface area contributed by atoms with Crippen molar-refractivity contribution in [3.8, 4) is 0 Å². The van der Waals surface area contributed by atoms with Crippen LogP contribution in [0.15, 0.2) is 0 Å². The number of nitrogens with one attached hydrogen (secondary N) is 1. The van der Waals surface area contributed by atoms with Gasteiger partial charge in [0.15, 0.2) is 0 Å². The predicted molar refractivity (Wildman–Crippen MR) is 47.2 cm³/mol. The molecule has 0 aliphatic rings. The van der Waals surface area contributed by atoms with E-state index >= 15 is 0 Å². The fourth-order valence-corrected chi connectivity index (χ4v) is 1.30. The third-order valence-corrected chi connectivity index (χ3v) is 1.97. The quantitative estimate of drug-likeness (QED) is 0.640. The van der Waals surface area contributed by atoms with Crippen LogP contribution < -0.4 is 5.32 Å². The molecule has 62 valence electrons. The smallest absolute Gasteiger partial charge is 0.0112 e. The molecule has 0 aromatic rings. The molecule has 0 saturated carbocycles. The van der Waals surface area contributed by atoms with E-state index in [0.29, 0.717) is 11.5 Å². The Hall–Kier alpha value is -0.0400. The highest BCUT2D eigenvalue weighted by atomic mass is 14.9. The molecule has 1 nitrogen and oxygen atoms in total. The SMILES string of the molecule is CCCC(NC)C(C)(C)C. The van der Waals surface area contributed by atoms with Crippen molar-refractivity contribution in [3.63, 3.8) is 0 Å². The molecule has 0 amide bonds. The first-order valence-electron chi connectivity index (χ1n) is 4.19. The van der Waals surface area contributed by atoms with Crippen LogP contribution in [0.1, 0.15) is 40.5 Å². The van der Waals surface area contributed by atoms with Crippen molar-refractivity contribution in [1.29, 1.82) is 0 Å². The van der Waals surface area contributed by atoms with Crippen molar-refractivity contribution in [2.75, 3.05) is 7.05 Å². The van der Waals surface area contributed by atoms with Crippen LogP contribution in [0.25, 0.3) is 0 Å². The molecular weight excluding hydrogens is 122 g/mol. The van der Waals surface area contributed by atoms with E-state index in [9.17, 15) is 0 Å². The van der Waals surface area contributed by atoms with Gasteiger partial charge in [-0.1, -0.05) is 34.1 Å². The molecule has 0 fully saturated rings. The second kappa shape index (κ2) is 3.97. The molecule has 0 radical (unpaired) electrons. The van der Waals surface area contributed by atoms with Crippen molar-refractivity contribution in [3.05, 3.63) is 0 Å². The van der Waals surface area contributed by atoms with Gasteiger partial charge in [-0.3, -0.25) is 0 Å². The minimum atomic E-state index is 0.408.